The third-order valence-corrected chi connectivity index (χ3v) is 4.95. The van der Waals surface area contributed by atoms with Gasteiger partial charge in [-0.25, -0.2) is 14.2 Å². The van der Waals surface area contributed by atoms with Gasteiger partial charge >= 0.3 is 0 Å². The number of nitrogens with zero attached hydrogens (tertiary/aromatic N) is 5. The molecule has 0 spiro atoms. The van der Waals surface area contributed by atoms with Crippen LogP contribution < -0.4 is 0 Å². The quantitative estimate of drug-likeness (QED) is 0.676. The van der Waals surface area contributed by atoms with Crippen LogP contribution in [0.15, 0.2) is 42.5 Å². The molecule has 0 unspecified atom stereocenters. The van der Waals surface area contributed by atoms with Gasteiger partial charge in [0.25, 0.3) is 5.78 Å². The van der Waals surface area contributed by atoms with Gasteiger partial charge in [-0.05, 0) is 49.7 Å². The number of hydrogen-bond acceptors (Lipinski definition) is 4. The number of aromatic nitrogens is 4. The maximum atomic E-state index is 5.47. The lowest BCUT2D eigenvalue weighted by molar-refractivity contribution is 0.221. The molecule has 0 aliphatic carbocycles. The minimum atomic E-state index is 0.582. The van der Waals surface area contributed by atoms with Crippen LogP contribution in [0.4, 0.5) is 0 Å². The van der Waals surface area contributed by atoms with Gasteiger partial charge in [0.1, 0.15) is 0 Å². The molecule has 6 heteroatoms. The van der Waals surface area contributed by atoms with Crippen LogP contribution in [0.1, 0.15) is 23.4 Å². The van der Waals surface area contributed by atoms with Gasteiger partial charge in [0.2, 0.25) is 4.77 Å². The SMILES string of the molecule is Cc1cc(C)n2c(n1)nc(=S)n2CN1CC=C(c2ccccc2)CC1. The minimum Gasteiger partial charge on any atom is -0.280 e. The van der Waals surface area contributed by atoms with Crippen LogP contribution in [0, 0.1) is 18.6 Å². The first-order chi connectivity index (χ1) is 12.1. The Morgan fingerprint density at radius 1 is 1.12 bits per heavy atom. The van der Waals surface area contributed by atoms with E-state index in [-0.39, 0.29) is 0 Å². The molecule has 4 rings (SSSR count). The second-order valence-corrected chi connectivity index (χ2v) is 6.87. The Labute approximate surface area is 152 Å². The molecule has 0 saturated heterocycles. The molecule has 1 aromatic carbocycles. The van der Waals surface area contributed by atoms with E-state index in [2.05, 4.69) is 64.3 Å². The van der Waals surface area contributed by atoms with Gasteiger partial charge in [0.05, 0.1) is 6.67 Å². The highest BCUT2D eigenvalue weighted by molar-refractivity contribution is 7.71. The van der Waals surface area contributed by atoms with Crippen LogP contribution in [0.3, 0.4) is 0 Å². The standard InChI is InChI=1S/C19H21N5S/c1-14-12-15(2)24-18(20-14)21-19(25)23(24)13-22-10-8-17(9-11-22)16-6-4-3-5-7-16/h3-8,12H,9-11,13H2,1-2H3. The zero-order valence-electron chi connectivity index (χ0n) is 14.5. The van der Waals surface area contributed by atoms with Crippen molar-refractivity contribution in [2.75, 3.05) is 13.1 Å². The fourth-order valence-corrected chi connectivity index (χ4v) is 3.65. The van der Waals surface area contributed by atoms with Gasteiger partial charge in [-0.15, -0.1) is 0 Å². The van der Waals surface area contributed by atoms with Gasteiger partial charge < -0.3 is 0 Å². The van der Waals surface area contributed by atoms with Gasteiger partial charge in [-0.2, -0.15) is 4.98 Å². The highest BCUT2D eigenvalue weighted by Gasteiger charge is 2.16. The van der Waals surface area contributed by atoms with E-state index in [1.54, 1.807) is 0 Å². The van der Waals surface area contributed by atoms with E-state index >= 15 is 0 Å². The van der Waals surface area contributed by atoms with E-state index in [0.29, 0.717) is 10.5 Å². The molecular formula is C19H21N5S. The second kappa shape index (κ2) is 6.54. The Bertz CT molecular complexity index is 1000. The van der Waals surface area contributed by atoms with Crippen LogP contribution in [0.5, 0.6) is 0 Å². The molecule has 3 heterocycles. The van der Waals surface area contributed by atoms with Crippen molar-refractivity contribution >= 4 is 23.6 Å². The van der Waals surface area contributed by atoms with Crippen molar-refractivity contribution in [3.63, 3.8) is 0 Å². The van der Waals surface area contributed by atoms with Crippen LogP contribution in [0.25, 0.3) is 11.4 Å². The van der Waals surface area contributed by atoms with E-state index in [4.69, 9.17) is 12.2 Å². The molecule has 0 N–H and O–H groups in total. The Morgan fingerprint density at radius 3 is 2.64 bits per heavy atom. The molecule has 0 saturated carbocycles. The topological polar surface area (TPSA) is 38.4 Å². The van der Waals surface area contributed by atoms with Crippen molar-refractivity contribution in [1.82, 2.24) is 24.1 Å². The van der Waals surface area contributed by atoms with Crippen LogP contribution >= 0.6 is 12.2 Å². The molecule has 128 valence electrons. The summed E-state index contributed by atoms with van der Waals surface area (Å²) in [5, 5.41) is 0. The minimum absolute atomic E-state index is 0.582. The predicted molar refractivity (Wildman–Crippen MR) is 102 cm³/mol. The first-order valence-electron chi connectivity index (χ1n) is 8.52. The number of benzene rings is 1. The summed E-state index contributed by atoms with van der Waals surface area (Å²) >= 11 is 5.47. The maximum absolute atomic E-state index is 5.47. The summed E-state index contributed by atoms with van der Waals surface area (Å²) < 4.78 is 4.64. The number of rotatable bonds is 3. The third-order valence-electron chi connectivity index (χ3n) is 4.65. The second-order valence-electron chi connectivity index (χ2n) is 6.51. The monoisotopic (exact) mass is 351 g/mol. The normalized spacial score (nSPS) is 15.5. The van der Waals surface area contributed by atoms with Crippen molar-refractivity contribution in [2.24, 2.45) is 0 Å². The maximum Gasteiger partial charge on any atom is 0.252 e. The average Bonchev–Trinajstić information content (AvgIpc) is 2.92. The fourth-order valence-electron chi connectivity index (χ4n) is 3.43. The summed E-state index contributed by atoms with van der Waals surface area (Å²) in [4.78, 5) is 11.3. The molecule has 5 nitrogen and oxygen atoms in total. The average molecular weight is 351 g/mol. The molecule has 0 radical (unpaired) electrons. The summed E-state index contributed by atoms with van der Waals surface area (Å²) in [6, 6.07) is 12.7. The number of fused-ring (bicyclic) bond motifs is 1. The van der Waals surface area contributed by atoms with Crippen molar-refractivity contribution in [1.29, 1.82) is 0 Å². The molecule has 0 atom stereocenters. The van der Waals surface area contributed by atoms with E-state index < -0.39 is 0 Å². The summed E-state index contributed by atoms with van der Waals surface area (Å²) in [7, 11) is 0. The summed E-state index contributed by atoms with van der Waals surface area (Å²) in [6.45, 7) is 6.70. The summed E-state index contributed by atoms with van der Waals surface area (Å²) in [5.74, 6) is 0.681. The lowest BCUT2D eigenvalue weighted by atomic mass is 10.00. The van der Waals surface area contributed by atoms with E-state index in [1.807, 2.05) is 16.1 Å². The van der Waals surface area contributed by atoms with E-state index in [1.165, 1.54) is 11.1 Å². The molecular weight excluding hydrogens is 330 g/mol. The van der Waals surface area contributed by atoms with Crippen LogP contribution in [0.2, 0.25) is 0 Å². The zero-order chi connectivity index (χ0) is 17.4. The van der Waals surface area contributed by atoms with E-state index in [0.717, 1.165) is 37.6 Å². The van der Waals surface area contributed by atoms with Crippen molar-refractivity contribution in [3.05, 3.63) is 64.2 Å². The number of aryl methyl sites for hydroxylation is 2. The Morgan fingerprint density at radius 2 is 1.92 bits per heavy atom. The lowest BCUT2D eigenvalue weighted by Crippen LogP contribution is -2.32. The highest BCUT2D eigenvalue weighted by atomic mass is 32.1. The summed E-state index contributed by atoms with van der Waals surface area (Å²) in [5.41, 5.74) is 4.81. The van der Waals surface area contributed by atoms with Gasteiger partial charge in [-0.3, -0.25) is 4.90 Å². The first-order valence-corrected chi connectivity index (χ1v) is 8.93. The van der Waals surface area contributed by atoms with E-state index in [9.17, 15) is 0 Å². The van der Waals surface area contributed by atoms with Crippen LogP contribution in [-0.2, 0) is 6.67 Å². The van der Waals surface area contributed by atoms with Crippen molar-refractivity contribution in [2.45, 2.75) is 26.9 Å². The molecule has 0 amide bonds. The summed E-state index contributed by atoms with van der Waals surface area (Å²) in [6.07, 6.45) is 3.37. The molecule has 1 aliphatic rings. The smallest absolute Gasteiger partial charge is 0.252 e. The highest BCUT2D eigenvalue weighted by Crippen LogP contribution is 2.22. The largest absolute Gasteiger partial charge is 0.280 e. The molecule has 3 aromatic rings. The first kappa shape index (κ1) is 16.2. The van der Waals surface area contributed by atoms with Crippen LogP contribution in [-0.4, -0.2) is 37.2 Å². The molecule has 1 aliphatic heterocycles. The molecule has 25 heavy (non-hydrogen) atoms. The fraction of sp³-hybridized carbons (Fsp3) is 0.316. The Hall–Kier alpha value is -2.31. The zero-order valence-corrected chi connectivity index (χ0v) is 15.3. The molecule has 2 aromatic heterocycles. The van der Waals surface area contributed by atoms with Gasteiger partial charge in [0, 0.05) is 24.5 Å². The van der Waals surface area contributed by atoms with Gasteiger partial charge in [0.15, 0.2) is 0 Å². The van der Waals surface area contributed by atoms with Crippen molar-refractivity contribution < 1.29 is 0 Å². The Kier molecular flexibility index (Phi) is 4.23. The molecule has 0 bridgehead atoms. The predicted octanol–water partition coefficient (Wildman–Crippen LogP) is 3.62. The van der Waals surface area contributed by atoms with Gasteiger partial charge in [-0.1, -0.05) is 36.4 Å². The number of hydrogen-bond donors (Lipinski definition) is 0. The lowest BCUT2D eigenvalue weighted by Gasteiger charge is -2.27. The molecule has 0 fully saturated rings. The third kappa shape index (κ3) is 3.15. The van der Waals surface area contributed by atoms with Crippen molar-refractivity contribution in [3.8, 4) is 0 Å². The Balaban J connectivity index is 1.58.